The normalized spacial score (nSPS) is 15.8. The summed E-state index contributed by atoms with van der Waals surface area (Å²) in [6, 6.07) is 17.4. The number of fused-ring (bicyclic) bond motifs is 2. The fourth-order valence-corrected chi connectivity index (χ4v) is 4.35. The van der Waals surface area contributed by atoms with Gasteiger partial charge in [0.05, 0.1) is 17.0 Å². The molecule has 4 rings (SSSR count). The van der Waals surface area contributed by atoms with E-state index < -0.39 is 22.0 Å². The molecular weight excluding hydrogens is 404 g/mol. The first kappa shape index (κ1) is 19.9. The third-order valence-electron chi connectivity index (χ3n) is 4.88. The summed E-state index contributed by atoms with van der Waals surface area (Å²) in [5.41, 5.74) is 0.965. The van der Waals surface area contributed by atoms with Gasteiger partial charge in [-0.15, -0.1) is 0 Å². The lowest BCUT2D eigenvalue weighted by molar-refractivity contribution is -0.123. The Balaban J connectivity index is 1.50. The molecule has 0 aromatic heterocycles. The minimum Gasteiger partial charge on any atom is -0.478 e. The van der Waals surface area contributed by atoms with Crippen molar-refractivity contribution in [1.82, 2.24) is 4.72 Å². The molecule has 7 nitrogen and oxygen atoms in total. The van der Waals surface area contributed by atoms with Gasteiger partial charge in [0.1, 0.15) is 5.75 Å². The minimum atomic E-state index is -4.10. The number of anilines is 1. The molecule has 1 atom stereocenters. The van der Waals surface area contributed by atoms with E-state index in [1.807, 2.05) is 43.3 Å². The van der Waals surface area contributed by atoms with Gasteiger partial charge in [-0.05, 0) is 41.0 Å². The Morgan fingerprint density at radius 1 is 1.07 bits per heavy atom. The summed E-state index contributed by atoms with van der Waals surface area (Å²) >= 11 is 0. The van der Waals surface area contributed by atoms with E-state index in [0.717, 1.165) is 10.8 Å². The number of sulfonamides is 1. The lowest BCUT2D eigenvalue weighted by atomic mass is 10.1. The molecule has 3 aromatic rings. The molecule has 1 aliphatic heterocycles. The molecule has 0 bridgehead atoms. The van der Waals surface area contributed by atoms with Gasteiger partial charge in [0.2, 0.25) is 5.91 Å². The second-order valence-corrected chi connectivity index (χ2v) is 8.73. The molecule has 2 N–H and O–H groups in total. The van der Waals surface area contributed by atoms with E-state index in [-0.39, 0.29) is 22.9 Å². The Hall–Kier alpha value is -3.39. The fraction of sp³-hybridized carbons (Fsp3) is 0.182. The van der Waals surface area contributed by atoms with E-state index in [4.69, 9.17) is 4.74 Å². The van der Waals surface area contributed by atoms with E-state index in [2.05, 4.69) is 10.0 Å². The second-order valence-electron chi connectivity index (χ2n) is 7.05. The zero-order chi connectivity index (χ0) is 21.3. The molecule has 8 heteroatoms. The van der Waals surface area contributed by atoms with Crippen molar-refractivity contribution in [1.29, 1.82) is 0 Å². The molecule has 0 unspecified atom stereocenters. The van der Waals surface area contributed by atoms with Crippen molar-refractivity contribution in [2.24, 2.45) is 0 Å². The molecule has 0 saturated carbocycles. The highest BCUT2D eigenvalue weighted by Crippen LogP contribution is 2.32. The van der Waals surface area contributed by atoms with Crippen LogP contribution < -0.4 is 14.8 Å². The van der Waals surface area contributed by atoms with E-state index in [0.29, 0.717) is 17.7 Å². The van der Waals surface area contributed by atoms with Crippen molar-refractivity contribution in [3.05, 3.63) is 66.2 Å². The van der Waals surface area contributed by atoms with Crippen LogP contribution in [0.2, 0.25) is 0 Å². The summed E-state index contributed by atoms with van der Waals surface area (Å²) in [5.74, 6) is -0.586. The van der Waals surface area contributed by atoms with Gasteiger partial charge in [0.25, 0.3) is 15.9 Å². The number of ether oxygens (including phenoxy) is 1. The summed E-state index contributed by atoms with van der Waals surface area (Å²) in [7, 11) is -4.10. The van der Waals surface area contributed by atoms with Crippen LogP contribution in [0.3, 0.4) is 0 Å². The van der Waals surface area contributed by atoms with Crippen molar-refractivity contribution in [2.75, 3.05) is 5.32 Å². The predicted octanol–water partition coefficient (Wildman–Crippen LogP) is 3.00. The highest BCUT2D eigenvalue weighted by Gasteiger charge is 2.28. The number of benzene rings is 3. The van der Waals surface area contributed by atoms with Crippen LogP contribution in [0.1, 0.15) is 18.9 Å². The van der Waals surface area contributed by atoms with Gasteiger partial charge in [0, 0.05) is 0 Å². The van der Waals surface area contributed by atoms with Crippen molar-refractivity contribution < 1.29 is 22.7 Å². The summed E-state index contributed by atoms with van der Waals surface area (Å²) in [6.07, 6.45) is -0.190. The Morgan fingerprint density at radius 2 is 1.83 bits per heavy atom. The minimum absolute atomic E-state index is 0.0764. The predicted molar refractivity (Wildman–Crippen MR) is 113 cm³/mol. The molecule has 0 spiro atoms. The van der Waals surface area contributed by atoms with Crippen molar-refractivity contribution >= 4 is 38.3 Å². The number of carbonyl (C=O) groups is 2. The number of hydrogen-bond acceptors (Lipinski definition) is 5. The molecule has 3 aromatic carbocycles. The molecule has 1 heterocycles. The second kappa shape index (κ2) is 7.79. The Morgan fingerprint density at radius 3 is 2.60 bits per heavy atom. The summed E-state index contributed by atoms with van der Waals surface area (Å²) in [5, 5.41) is 4.66. The zero-order valence-corrected chi connectivity index (χ0v) is 17.0. The average molecular weight is 424 g/mol. The maximum atomic E-state index is 12.6. The first-order valence-corrected chi connectivity index (χ1v) is 11.0. The van der Waals surface area contributed by atoms with Gasteiger partial charge in [-0.3, -0.25) is 9.59 Å². The van der Waals surface area contributed by atoms with Crippen LogP contribution in [0.5, 0.6) is 5.75 Å². The Kier molecular flexibility index (Phi) is 5.17. The van der Waals surface area contributed by atoms with Crippen LogP contribution in [0.4, 0.5) is 5.69 Å². The van der Waals surface area contributed by atoms with Crippen molar-refractivity contribution in [3.8, 4) is 5.75 Å². The third-order valence-corrected chi connectivity index (χ3v) is 6.25. The monoisotopic (exact) mass is 424 g/mol. The van der Waals surface area contributed by atoms with E-state index in [1.54, 1.807) is 6.07 Å². The Labute approximate surface area is 174 Å². The van der Waals surface area contributed by atoms with Crippen LogP contribution in [0.15, 0.2) is 65.6 Å². The van der Waals surface area contributed by atoms with Crippen LogP contribution in [0, 0.1) is 0 Å². The smallest absolute Gasteiger partial charge is 0.265 e. The third kappa shape index (κ3) is 3.99. The van der Waals surface area contributed by atoms with Gasteiger partial charge in [-0.1, -0.05) is 49.4 Å². The number of nitrogens with one attached hydrogen (secondary N) is 2. The van der Waals surface area contributed by atoms with E-state index in [9.17, 15) is 18.0 Å². The van der Waals surface area contributed by atoms with Crippen LogP contribution in [-0.2, 0) is 26.0 Å². The Bertz CT molecular complexity index is 1250. The molecule has 2 amide bonds. The quantitative estimate of drug-likeness (QED) is 0.656. The number of carbonyl (C=O) groups excluding carboxylic acids is 2. The van der Waals surface area contributed by atoms with Crippen LogP contribution >= 0.6 is 0 Å². The lowest BCUT2D eigenvalue weighted by Gasteiger charge is -2.25. The molecule has 0 saturated heterocycles. The zero-order valence-electron chi connectivity index (χ0n) is 16.2. The lowest BCUT2D eigenvalue weighted by Crippen LogP contribution is -2.36. The largest absolute Gasteiger partial charge is 0.478 e. The van der Waals surface area contributed by atoms with Crippen molar-refractivity contribution in [2.45, 2.75) is 30.8 Å². The fourth-order valence-electron chi connectivity index (χ4n) is 3.34. The highest BCUT2D eigenvalue weighted by atomic mass is 32.2. The summed E-state index contributed by atoms with van der Waals surface area (Å²) in [6.45, 7) is 1.82. The van der Waals surface area contributed by atoms with Gasteiger partial charge in [-0.25, -0.2) is 13.1 Å². The molecule has 154 valence electrons. The van der Waals surface area contributed by atoms with E-state index >= 15 is 0 Å². The van der Waals surface area contributed by atoms with Crippen LogP contribution in [-0.4, -0.2) is 26.3 Å². The first-order chi connectivity index (χ1) is 14.4. The number of amides is 2. The van der Waals surface area contributed by atoms with Gasteiger partial charge >= 0.3 is 0 Å². The molecule has 0 aliphatic carbocycles. The number of rotatable bonds is 5. The van der Waals surface area contributed by atoms with Crippen molar-refractivity contribution in [3.63, 3.8) is 0 Å². The molecule has 0 fully saturated rings. The summed E-state index contributed by atoms with van der Waals surface area (Å²) < 4.78 is 32.9. The van der Waals surface area contributed by atoms with Gasteiger partial charge in [0.15, 0.2) is 6.10 Å². The number of hydrogen-bond donors (Lipinski definition) is 2. The molecular formula is C22H20N2O5S. The van der Waals surface area contributed by atoms with Crippen LogP contribution in [0.25, 0.3) is 10.8 Å². The van der Waals surface area contributed by atoms with Gasteiger partial charge in [-0.2, -0.15) is 0 Å². The molecule has 0 radical (unpaired) electrons. The average Bonchev–Trinajstić information content (AvgIpc) is 2.72. The highest BCUT2D eigenvalue weighted by molar-refractivity contribution is 7.90. The standard InChI is InChI=1S/C22H20N2O5S/c1-2-19-22(26)23-18-13-17(9-10-20(18)29-19)30(27,28)24-21(25)12-14-7-8-15-5-3-4-6-16(15)11-14/h3-11,13,19H,2,12H2,1H3,(H,23,26)(H,24,25)/t19-/m0/s1. The first-order valence-electron chi connectivity index (χ1n) is 9.50. The molecule has 1 aliphatic rings. The van der Waals surface area contributed by atoms with E-state index in [1.165, 1.54) is 18.2 Å². The SMILES string of the molecule is CC[C@@H]1Oc2ccc(S(=O)(=O)NC(=O)Cc3ccc4ccccc4c3)cc2NC1=O. The maximum absolute atomic E-state index is 12.6. The molecule has 30 heavy (non-hydrogen) atoms. The maximum Gasteiger partial charge on any atom is 0.265 e. The van der Waals surface area contributed by atoms with Gasteiger partial charge < -0.3 is 10.1 Å². The summed E-state index contributed by atoms with van der Waals surface area (Å²) in [4.78, 5) is 24.2. The topological polar surface area (TPSA) is 102 Å².